The van der Waals surface area contributed by atoms with Gasteiger partial charge in [-0.1, -0.05) is 42.5 Å². The highest BCUT2D eigenvalue weighted by atomic mass is 32.2. The number of hydrogen-bond acceptors (Lipinski definition) is 7. The average molecular weight is 513 g/mol. The summed E-state index contributed by atoms with van der Waals surface area (Å²) >= 11 is 0. The fraction of sp³-hybridized carbons (Fsp3) is 0.125. The first kappa shape index (κ1) is 24.7. The Hall–Kier alpha value is -4.45. The second-order valence-electron chi connectivity index (χ2n) is 7.80. The summed E-state index contributed by atoms with van der Waals surface area (Å²) in [5.74, 6) is -2.86. The Morgan fingerprint density at radius 3 is 2.61 bits per heavy atom. The highest BCUT2D eigenvalue weighted by molar-refractivity contribution is 7.92. The number of aliphatic carboxylic acids is 1. The molecule has 0 radical (unpaired) electrons. The van der Waals surface area contributed by atoms with Gasteiger partial charge in [0.25, 0.3) is 5.91 Å². The Labute approximate surface area is 205 Å². The third-order valence-electron chi connectivity index (χ3n) is 5.32. The van der Waals surface area contributed by atoms with E-state index >= 15 is 4.39 Å². The summed E-state index contributed by atoms with van der Waals surface area (Å²) in [6, 6.07) is 15.0. The van der Waals surface area contributed by atoms with Crippen LogP contribution in [0.1, 0.15) is 11.1 Å². The molecule has 1 fully saturated rings. The van der Waals surface area contributed by atoms with Gasteiger partial charge in [0.1, 0.15) is 31.1 Å². The summed E-state index contributed by atoms with van der Waals surface area (Å²) in [4.78, 5) is 22.6. The standard InChI is InChI=1S/C24H21FN4O6S/c25-23-19-7-6-16(18(10-26)11-27-12-22(31)32)8-17(19)9-20(35-14-15-4-2-1-3-5-15)24(23)29-13-21(30)28-36(29,33)34/h1-11,26-27H,12-14H2,(H,28,30)(H,31,32)/b18-11+,26-10?. The number of carbonyl (C=O) groups excluding carboxylic acids is 1. The molecule has 1 aliphatic rings. The minimum absolute atomic E-state index is 0.0124. The third kappa shape index (κ3) is 5.13. The highest BCUT2D eigenvalue weighted by Gasteiger charge is 2.38. The Morgan fingerprint density at radius 2 is 1.97 bits per heavy atom. The molecule has 0 aromatic heterocycles. The minimum atomic E-state index is -4.31. The van der Waals surface area contributed by atoms with Gasteiger partial charge in [-0.15, -0.1) is 0 Å². The molecule has 186 valence electrons. The monoisotopic (exact) mass is 512 g/mol. The van der Waals surface area contributed by atoms with Gasteiger partial charge < -0.3 is 20.6 Å². The fourth-order valence-corrected chi connectivity index (χ4v) is 4.85. The predicted octanol–water partition coefficient (Wildman–Crippen LogP) is 2.40. The molecular weight excluding hydrogens is 491 g/mol. The van der Waals surface area contributed by atoms with E-state index in [2.05, 4.69) is 5.32 Å². The number of benzene rings is 3. The van der Waals surface area contributed by atoms with Crippen LogP contribution in [-0.2, 0) is 26.4 Å². The zero-order valence-electron chi connectivity index (χ0n) is 18.7. The molecule has 0 aliphatic carbocycles. The van der Waals surface area contributed by atoms with Gasteiger partial charge in [0.05, 0.1) is 0 Å². The zero-order valence-corrected chi connectivity index (χ0v) is 19.5. The van der Waals surface area contributed by atoms with Gasteiger partial charge in [0, 0.05) is 23.4 Å². The largest absolute Gasteiger partial charge is 0.487 e. The lowest BCUT2D eigenvalue weighted by Gasteiger charge is -2.21. The number of nitrogens with one attached hydrogen (secondary N) is 3. The molecule has 0 atom stereocenters. The first-order valence-electron chi connectivity index (χ1n) is 10.6. The Kier molecular flexibility index (Phi) is 6.88. The number of amides is 1. The molecule has 12 heteroatoms. The van der Waals surface area contributed by atoms with Crippen LogP contribution in [-0.4, -0.2) is 44.7 Å². The van der Waals surface area contributed by atoms with E-state index in [1.54, 1.807) is 30.3 Å². The van der Waals surface area contributed by atoms with Crippen molar-refractivity contribution in [2.24, 2.45) is 0 Å². The number of nitrogens with zero attached hydrogens (tertiary/aromatic N) is 1. The van der Waals surface area contributed by atoms with Gasteiger partial charge in [-0.25, -0.2) is 13.4 Å². The van der Waals surface area contributed by atoms with Gasteiger partial charge in [-0.05, 0) is 28.6 Å². The van der Waals surface area contributed by atoms with Crippen molar-refractivity contribution in [1.82, 2.24) is 10.0 Å². The fourth-order valence-electron chi connectivity index (χ4n) is 3.69. The van der Waals surface area contributed by atoms with Gasteiger partial charge in [-0.3, -0.25) is 9.59 Å². The predicted molar refractivity (Wildman–Crippen MR) is 131 cm³/mol. The summed E-state index contributed by atoms with van der Waals surface area (Å²) in [6.45, 7) is -0.934. The van der Waals surface area contributed by atoms with Gasteiger partial charge in [0.15, 0.2) is 5.82 Å². The Balaban J connectivity index is 1.82. The molecule has 1 saturated heterocycles. The Morgan fingerprint density at radius 1 is 1.22 bits per heavy atom. The van der Waals surface area contributed by atoms with Gasteiger partial charge in [0.2, 0.25) is 0 Å². The number of rotatable bonds is 9. The summed E-state index contributed by atoms with van der Waals surface area (Å²) in [6.07, 6.45) is 2.37. The van der Waals surface area contributed by atoms with E-state index in [0.717, 1.165) is 11.8 Å². The first-order valence-corrected chi connectivity index (χ1v) is 12.1. The topological polar surface area (TPSA) is 149 Å². The van der Waals surface area contributed by atoms with Crippen molar-refractivity contribution in [3.63, 3.8) is 0 Å². The first-order chi connectivity index (χ1) is 17.2. The number of fused-ring (bicyclic) bond motifs is 1. The number of allylic oxidation sites excluding steroid dienone is 1. The molecule has 10 nitrogen and oxygen atoms in total. The van der Waals surface area contributed by atoms with Crippen molar-refractivity contribution >= 4 is 50.3 Å². The summed E-state index contributed by atoms with van der Waals surface area (Å²) < 4.78 is 49.2. The smallest absolute Gasteiger partial charge is 0.326 e. The van der Waals surface area contributed by atoms with E-state index in [1.165, 1.54) is 24.4 Å². The normalized spacial score (nSPS) is 15.0. The van der Waals surface area contributed by atoms with E-state index < -0.39 is 40.1 Å². The number of anilines is 1. The van der Waals surface area contributed by atoms with Crippen molar-refractivity contribution in [2.75, 3.05) is 17.4 Å². The zero-order chi connectivity index (χ0) is 25.9. The van der Waals surface area contributed by atoms with E-state index in [0.29, 0.717) is 20.8 Å². The molecule has 0 saturated carbocycles. The van der Waals surface area contributed by atoms with Crippen molar-refractivity contribution in [3.05, 3.63) is 77.7 Å². The number of hydrogen-bond donors (Lipinski definition) is 4. The van der Waals surface area contributed by atoms with Crippen LogP contribution in [0.4, 0.5) is 10.1 Å². The summed E-state index contributed by atoms with van der Waals surface area (Å²) in [5.41, 5.74) is 1.19. The van der Waals surface area contributed by atoms with Crippen LogP contribution in [0.2, 0.25) is 0 Å². The van der Waals surface area contributed by atoms with E-state index in [-0.39, 0.29) is 24.3 Å². The molecule has 1 aliphatic heterocycles. The minimum Gasteiger partial charge on any atom is -0.487 e. The third-order valence-corrected chi connectivity index (χ3v) is 6.70. The maximum absolute atomic E-state index is 15.8. The van der Waals surface area contributed by atoms with Crippen LogP contribution in [0.5, 0.6) is 5.75 Å². The van der Waals surface area contributed by atoms with Gasteiger partial charge in [-0.2, -0.15) is 8.42 Å². The number of carboxylic acid groups (broad SMARTS) is 1. The highest BCUT2D eigenvalue weighted by Crippen LogP contribution is 2.40. The van der Waals surface area contributed by atoms with Crippen molar-refractivity contribution < 1.29 is 32.2 Å². The molecule has 1 amide bonds. The van der Waals surface area contributed by atoms with Crippen molar-refractivity contribution in [1.29, 1.82) is 5.41 Å². The Bertz CT molecular complexity index is 1490. The molecule has 0 bridgehead atoms. The van der Waals surface area contributed by atoms with Crippen molar-refractivity contribution in [2.45, 2.75) is 6.61 Å². The molecule has 0 unspecified atom stereocenters. The molecule has 3 aromatic carbocycles. The lowest BCUT2D eigenvalue weighted by Crippen LogP contribution is -2.30. The second kappa shape index (κ2) is 10.0. The number of carboxylic acids is 1. The van der Waals surface area contributed by atoms with Crippen molar-refractivity contribution in [3.8, 4) is 5.75 Å². The molecule has 1 heterocycles. The number of halogens is 1. The molecule has 4 rings (SSSR count). The molecular formula is C24H21FN4O6S. The SMILES string of the molecule is N=C/C(=C\NCC(=O)O)c1ccc2c(F)c(N3CC(=O)NS3(=O)=O)c(OCc3ccccc3)cc2c1. The maximum atomic E-state index is 15.8. The number of carbonyl (C=O) groups is 2. The van der Waals surface area contributed by atoms with Crippen LogP contribution < -0.4 is 19.1 Å². The van der Waals surface area contributed by atoms with Gasteiger partial charge >= 0.3 is 16.2 Å². The molecule has 3 aromatic rings. The lowest BCUT2D eigenvalue weighted by atomic mass is 10.0. The van der Waals surface area contributed by atoms with Crippen LogP contribution in [0.3, 0.4) is 0 Å². The van der Waals surface area contributed by atoms with E-state index in [1.807, 2.05) is 10.8 Å². The van der Waals surface area contributed by atoms with Crippen LogP contribution in [0.15, 0.2) is 60.8 Å². The van der Waals surface area contributed by atoms with Crippen LogP contribution in [0.25, 0.3) is 16.3 Å². The van der Waals surface area contributed by atoms with Crippen LogP contribution >= 0.6 is 0 Å². The maximum Gasteiger partial charge on any atom is 0.326 e. The number of ether oxygens (including phenoxy) is 1. The average Bonchev–Trinajstić information content (AvgIpc) is 3.12. The van der Waals surface area contributed by atoms with E-state index in [4.69, 9.17) is 15.3 Å². The molecule has 36 heavy (non-hydrogen) atoms. The quantitative estimate of drug-likeness (QED) is 0.322. The second-order valence-corrected chi connectivity index (χ2v) is 9.40. The lowest BCUT2D eigenvalue weighted by molar-refractivity contribution is -0.135. The molecule has 4 N–H and O–H groups in total. The summed E-state index contributed by atoms with van der Waals surface area (Å²) in [7, 11) is -4.31. The van der Waals surface area contributed by atoms with E-state index in [9.17, 15) is 18.0 Å². The molecule has 0 spiro atoms. The summed E-state index contributed by atoms with van der Waals surface area (Å²) in [5, 5.41) is 19.4. The van der Waals surface area contributed by atoms with Crippen LogP contribution in [0, 0.1) is 11.2 Å².